The number of benzene rings is 1. The first-order valence-corrected chi connectivity index (χ1v) is 8.21. The molecule has 9 heteroatoms. The quantitative estimate of drug-likeness (QED) is 0.413. The number of likely N-dealkylation sites (N-methyl/N-ethyl adjacent to an activating group) is 1. The monoisotopic (exact) mass is 371 g/mol. The van der Waals surface area contributed by atoms with Crippen LogP contribution in [0.2, 0.25) is 0 Å². The first kappa shape index (κ1) is 20.4. The summed E-state index contributed by atoms with van der Waals surface area (Å²) >= 11 is 0. The first-order valence-electron chi connectivity index (χ1n) is 8.21. The van der Waals surface area contributed by atoms with E-state index < -0.39 is 36.7 Å². The maximum atomic E-state index is 11.1. The topological polar surface area (TPSA) is 138 Å². The number of hydrogen-bond donors (Lipinski definition) is 5. The van der Waals surface area contributed by atoms with Crippen LogP contribution in [0.4, 0.5) is 0 Å². The average molecular weight is 371 g/mol. The van der Waals surface area contributed by atoms with Gasteiger partial charge in [0.2, 0.25) is 6.29 Å². The van der Waals surface area contributed by atoms with E-state index in [-0.39, 0.29) is 11.8 Å². The molecule has 5 N–H and O–H groups in total. The Hall–Kier alpha value is -1.91. The minimum Gasteiger partial charge on any atom is -0.493 e. The van der Waals surface area contributed by atoms with Crippen molar-refractivity contribution in [2.75, 3.05) is 14.2 Å². The molecule has 1 fully saturated rings. The van der Waals surface area contributed by atoms with E-state index >= 15 is 0 Å². The molecule has 2 rings (SSSR count). The molecule has 0 aliphatic carbocycles. The molecular formula is C17H25NO8. The van der Waals surface area contributed by atoms with E-state index in [1.807, 2.05) is 14.0 Å². The SMILES string of the molecule is CN[C@H](C)Cc1ccc(O[C@@H]2O[C@H](C(=O)O)[C@@H](O)[C@H](O)[C@H]2O)c(OC)c1. The number of carboxylic acid groups (broad SMARTS) is 1. The molecule has 0 spiro atoms. The third-order valence-corrected chi connectivity index (χ3v) is 4.32. The molecule has 146 valence electrons. The van der Waals surface area contributed by atoms with Gasteiger partial charge in [-0.1, -0.05) is 6.07 Å². The molecule has 9 nitrogen and oxygen atoms in total. The van der Waals surface area contributed by atoms with Gasteiger partial charge in [0.1, 0.15) is 18.3 Å². The fourth-order valence-corrected chi connectivity index (χ4v) is 2.67. The Morgan fingerprint density at radius 2 is 1.92 bits per heavy atom. The Morgan fingerprint density at radius 1 is 1.23 bits per heavy atom. The molecule has 0 unspecified atom stereocenters. The van der Waals surface area contributed by atoms with Gasteiger partial charge < -0.3 is 40.0 Å². The summed E-state index contributed by atoms with van der Waals surface area (Å²) in [6.07, 6.45) is -7.58. The van der Waals surface area contributed by atoms with Crippen LogP contribution >= 0.6 is 0 Å². The normalized spacial score (nSPS) is 29.8. The molecule has 1 heterocycles. The lowest BCUT2D eigenvalue weighted by molar-refractivity contribution is -0.271. The molecule has 0 amide bonds. The largest absolute Gasteiger partial charge is 0.493 e. The fourth-order valence-electron chi connectivity index (χ4n) is 2.67. The predicted octanol–water partition coefficient (Wildman–Crippen LogP) is -0.883. The van der Waals surface area contributed by atoms with Crippen molar-refractivity contribution < 1.29 is 39.4 Å². The van der Waals surface area contributed by atoms with Gasteiger partial charge in [-0.15, -0.1) is 0 Å². The second-order valence-electron chi connectivity index (χ2n) is 6.23. The maximum absolute atomic E-state index is 11.1. The van der Waals surface area contributed by atoms with Gasteiger partial charge in [0.05, 0.1) is 7.11 Å². The van der Waals surface area contributed by atoms with Crippen molar-refractivity contribution in [3.8, 4) is 11.5 Å². The van der Waals surface area contributed by atoms with E-state index in [0.717, 1.165) is 12.0 Å². The molecule has 1 aromatic rings. The summed E-state index contributed by atoms with van der Waals surface area (Å²) in [5, 5.41) is 41.8. The molecule has 1 saturated heterocycles. The van der Waals surface area contributed by atoms with Crippen LogP contribution in [-0.4, -0.2) is 77.3 Å². The summed E-state index contributed by atoms with van der Waals surface area (Å²) in [6, 6.07) is 5.43. The molecule has 0 bridgehead atoms. The van der Waals surface area contributed by atoms with Crippen LogP contribution in [0.1, 0.15) is 12.5 Å². The lowest BCUT2D eigenvalue weighted by Gasteiger charge is -2.38. The van der Waals surface area contributed by atoms with Gasteiger partial charge in [-0.25, -0.2) is 4.79 Å². The van der Waals surface area contributed by atoms with Gasteiger partial charge in [-0.3, -0.25) is 0 Å². The van der Waals surface area contributed by atoms with Crippen molar-refractivity contribution in [1.29, 1.82) is 0 Å². The van der Waals surface area contributed by atoms with E-state index in [1.165, 1.54) is 7.11 Å². The number of aliphatic hydroxyl groups excluding tert-OH is 3. The molecule has 0 saturated carbocycles. The molecule has 1 aromatic carbocycles. The van der Waals surface area contributed by atoms with Crippen LogP contribution in [0.5, 0.6) is 11.5 Å². The Kier molecular flexibility index (Phi) is 6.79. The molecule has 0 radical (unpaired) electrons. The van der Waals surface area contributed by atoms with Crippen LogP contribution in [0.3, 0.4) is 0 Å². The summed E-state index contributed by atoms with van der Waals surface area (Å²) in [7, 11) is 3.31. The summed E-state index contributed by atoms with van der Waals surface area (Å²) in [5.41, 5.74) is 0.986. The van der Waals surface area contributed by atoms with E-state index in [1.54, 1.807) is 18.2 Å². The second-order valence-corrected chi connectivity index (χ2v) is 6.23. The first-order chi connectivity index (χ1) is 12.3. The Bertz CT molecular complexity index is 625. The van der Waals surface area contributed by atoms with E-state index in [0.29, 0.717) is 5.75 Å². The molecule has 6 atom stereocenters. The second kappa shape index (κ2) is 8.65. The van der Waals surface area contributed by atoms with Crippen molar-refractivity contribution in [2.24, 2.45) is 0 Å². The number of nitrogens with one attached hydrogen (secondary N) is 1. The maximum Gasteiger partial charge on any atom is 0.335 e. The zero-order chi connectivity index (χ0) is 19.4. The Morgan fingerprint density at radius 3 is 2.50 bits per heavy atom. The third kappa shape index (κ3) is 4.43. The smallest absolute Gasteiger partial charge is 0.335 e. The highest BCUT2D eigenvalue weighted by Crippen LogP contribution is 2.32. The number of rotatable bonds is 7. The number of carbonyl (C=O) groups is 1. The van der Waals surface area contributed by atoms with Crippen LogP contribution < -0.4 is 14.8 Å². The standard InChI is InChI=1S/C17H25NO8/c1-8(18-2)6-9-4-5-10(11(7-9)24-3)25-17-14(21)12(19)13(20)15(26-17)16(22)23/h4-5,7-8,12-15,17-21H,6H2,1-3H3,(H,22,23)/t8-,12+,13+,14-,15+,17-/m1/s1. The molecule has 1 aliphatic rings. The number of ether oxygens (including phenoxy) is 3. The van der Waals surface area contributed by atoms with Gasteiger partial charge in [0, 0.05) is 6.04 Å². The summed E-state index contributed by atoms with van der Waals surface area (Å²) in [5.74, 6) is -0.889. The molecule has 0 aromatic heterocycles. The highest BCUT2D eigenvalue weighted by atomic mass is 16.7. The van der Waals surface area contributed by atoms with Crippen LogP contribution in [0, 0.1) is 0 Å². The minimum atomic E-state index is -1.77. The number of hydrogen-bond acceptors (Lipinski definition) is 8. The molecule has 1 aliphatic heterocycles. The number of carboxylic acids is 1. The molecular weight excluding hydrogens is 346 g/mol. The fraction of sp³-hybridized carbons (Fsp3) is 0.588. The van der Waals surface area contributed by atoms with Crippen LogP contribution in [-0.2, 0) is 16.0 Å². The average Bonchev–Trinajstić information content (AvgIpc) is 2.62. The highest BCUT2D eigenvalue weighted by Gasteiger charge is 2.48. The molecule has 26 heavy (non-hydrogen) atoms. The van der Waals surface area contributed by atoms with Gasteiger partial charge in [-0.2, -0.15) is 0 Å². The van der Waals surface area contributed by atoms with Crippen molar-refractivity contribution in [2.45, 2.75) is 50.1 Å². The Labute approximate surface area is 151 Å². The summed E-state index contributed by atoms with van der Waals surface area (Å²) in [6.45, 7) is 2.03. The highest BCUT2D eigenvalue weighted by molar-refractivity contribution is 5.73. The lowest BCUT2D eigenvalue weighted by atomic mass is 9.99. The minimum absolute atomic E-state index is 0.213. The third-order valence-electron chi connectivity index (χ3n) is 4.32. The van der Waals surface area contributed by atoms with Crippen LogP contribution in [0.25, 0.3) is 0 Å². The van der Waals surface area contributed by atoms with E-state index in [2.05, 4.69) is 5.32 Å². The number of methoxy groups -OCH3 is 1. The van der Waals surface area contributed by atoms with Gasteiger partial charge in [0.15, 0.2) is 17.6 Å². The van der Waals surface area contributed by atoms with Crippen LogP contribution in [0.15, 0.2) is 18.2 Å². The van der Waals surface area contributed by atoms with Gasteiger partial charge in [-0.05, 0) is 38.1 Å². The summed E-state index contributed by atoms with van der Waals surface area (Å²) in [4.78, 5) is 11.1. The van der Waals surface area contributed by atoms with Gasteiger partial charge >= 0.3 is 5.97 Å². The van der Waals surface area contributed by atoms with Crippen molar-refractivity contribution in [3.63, 3.8) is 0 Å². The zero-order valence-corrected chi connectivity index (χ0v) is 14.8. The summed E-state index contributed by atoms with van der Waals surface area (Å²) < 4.78 is 15.9. The van der Waals surface area contributed by atoms with Gasteiger partial charge in [0.25, 0.3) is 0 Å². The Balaban J connectivity index is 2.19. The number of aliphatic hydroxyl groups is 3. The van der Waals surface area contributed by atoms with E-state index in [4.69, 9.17) is 19.3 Å². The number of aliphatic carboxylic acids is 1. The van der Waals surface area contributed by atoms with Crippen molar-refractivity contribution in [3.05, 3.63) is 23.8 Å². The predicted molar refractivity (Wildman–Crippen MR) is 90.2 cm³/mol. The van der Waals surface area contributed by atoms with Crippen molar-refractivity contribution >= 4 is 5.97 Å². The van der Waals surface area contributed by atoms with Crippen molar-refractivity contribution in [1.82, 2.24) is 5.32 Å². The van der Waals surface area contributed by atoms with E-state index in [9.17, 15) is 20.1 Å². The lowest BCUT2D eigenvalue weighted by Crippen LogP contribution is -2.61. The zero-order valence-electron chi connectivity index (χ0n) is 14.8.